The summed E-state index contributed by atoms with van der Waals surface area (Å²) in [4.78, 5) is 40.9. The van der Waals surface area contributed by atoms with Crippen LogP contribution in [0.2, 0.25) is 4.34 Å². The maximum absolute atomic E-state index is 13.0. The molecule has 2 aromatic heterocycles. The highest BCUT2D eigenvalue weighted by atomic mass is 35.5. The number of Topliss-reactive ketones (excluding diaryl/α,β-unsaturated/α-hetero) is 1. The zero-order valence-electron chi connectivity index (χ0n) is 17.0. The normalized spacial score (nSPS) is 11.7. The molecule has 32 heavy (non-hydrogen) atoms. The molecule has 0 spiro atoms. The second-order valence-electron chi connectivity index (χ2n) is 7.36. The Morgan fingerprint density at radius 1 is 1.06 bits per heavy atom. The fraction of sp³-hybridized carbons (Fsp3) is 0.136. The summed E-state index contributed by atoms with van der Waals surface area (Å²) < 4.78 is 26.3. The van der Waals surface area contributed by atoms with Gasteiger partial charge in [0.25, 0.3) is 5.56 Å². The minimum atomic E-state index is -3.83. The van der Waals surface area contributed by atoms with Crippen molar-refractivity contribution in [2.45, 2.75) is 18.1 Å². The molecular formula is C22H17ClN2O5S2. The molecule has 0 aliphatic heterocycles. The highest BCUT2D eigenvalue weighted by molar-refractivity contribution is 7.94. The average molecular weight is 489 g/mol. The summed E-state index contributed by atoms with van der Waals surface area (Å²) in [5, 5.41) is 0.357. The summed E-state index contributed by atoms with van der Waals surface area (Å²) in [5.41, 5.74) is 1.22. The highest BCUT2D eigenvalue weighted by Crippen LogP contribution is 2.27. The number of H-pyrrole nitrogens is 1. The number of hydrogen-bond donors (Lipinski definition) is 1. The van der Waals surface area contributed by atoms with Crippen molar-refractivity contribution in [3.05, 3.63) is 90.4 Å². The van der Waals surface area contributed by atoms with Gasteiger partial charge in [-0.1, -0.05) is 17.7 Å². The second-order valence-corrected chi connectivity index (χ2v) is 11.3. The zero-order chi connectivity index (χ0) is 23.2. The Bertz CT molecular complexity index is 1610. The maximum Gasteiger partial charge on any atom is 0.333 e. The first-order valence-electron chi connectivity index (χ1n) is 9.45. The van der Waals surface area contributed by atoms with Gasteiger partial charge in [0.1, 0.15) is 9.96 Å². The molecule has 4 aromatic rings. The molecule has 0 radical (unpaired) electrons. The van der Waals surface area contributed by atoms with Gasteiger partial charge in [-0.25, -0.2) is 17.8 Å². The molecule has 164 valence electrons. The maximum atomic E-state index is 13.0. The predicted molar refractivity (Wildman–Crippen MR) is 125 cm³/mol. The molecule has 0 saturated heterocycles. The van der Waals surface area contributed by atoms with Crippen LogP contribution in [-0.4, -0.2) is 29.5 Å². The number of nitrogens with one attached hydrogen (secondary N) is 1. The first kappa shape index (κ1) is 22.2. The van der Waals surface area contributed by atoms with Crippen molar-refractivity contribution in [2.75, 3.05) is 5.75 Å². The van der Waals surface area contributed by atoms with E-state index < -0.39 is 32.6 Å². The third-order valence-electron chi connectivity index (χ3n) is 4.99. The van der Waals surface area contributed by atoms with Gasteiger partial charge in [0.05, 0.1) is 20.9 Å². The van der Waals surface area contributed by atoms with Crippen molar-refractivity contribution >= 4 is 49.5 Å². The number of fused-ring (bicyclic) bond motifs is 1. The summed E-state index contributed by atoms with van der Waals surface area (Å²) in [6.07, 6.45) is 0. The largest absolute Gasteiger partial charge is 0.333 e. The van der Waals surface area contributed by atoms with Crippen LogP contribution in [-0.2, 0) is 9.84 Å². The van der Waals surface area contributed by atoms with Gasteiger partial charge in [0.15, 0.2) is 15.6 Å². The Morgan fingerprint density at radius 3 is 2.47 bits per heavy atom. The van der Waals surface area contributed by atoms with E-state index in [1.165, 1.54) is 30.3 Å². The number of aromatic amines is 1. The number of thiophene rings is 1. The fourth-order valence-corrected chi connectivity index (χ4v) is 6.22. The number of rotatable bonds is 5. The van der Waals surface area contributed by atoms with Crippen LogP contribution >= 0.6 is 22.9 Å². The first-order chi connectivity index (χ1) is 15.1. The molecule has 0 aliphatic rings. The quantitative estimate of drug-likeness (QED) is 0.431. The molecule has 2 aromatic carbocycles. The van der Waals surface area contributed by atoms with Gasteiger partial charge in [-0.05, 0) is 67.4 Å². The number of hydrogen-bond acceptors (Lipinski definition) is 6. The van der Waals surface area contributed by atoms with E-state index >= 15 is 0 Å². The summed E-state index contributed by atoms with van der Waals surface area (Å²) in [6, 6.07) is 12.3. The molecule has 0 amide bonds. The SMILES string of the molecule is Cc1ccc2c(=O)n(-c3ccc(C(=O)CS(=O)(=O)c4ccc(Cl)s4)cc3C)c(=O)[nH]c2c1. The van der Waals surface area contributed by atoms with E-state index in [0.717, 1.165) is 21.5 Å². The van der Waals surface area contributed by atoms with Crippen LogP contribution < -0.4 is 11.2 Å². The van der Waals surface area contributed by atoms with Gasteiger partial charge in [-0.2, -0.15) is 0 Å². The molecule has 0 bridgehead atoms. The van der Waals surface area contributed by atoms with Crippen LogP contribution in [0.15, 0.2) is 62.3 Å². The van der Waals surface area contributed by atoms with Gasteiger partial charge in [0, 0.05) is 5.56 Å². The molecule has 0 unspecified atom stereocenters. The monoisotopic (exact) mass is 488 g/mol. The molecule has 0 atom stereocenters. The van der Waals surface area contributed by atoms with Gasteiger partial charge in [0.2, 0.25) is 0 Å². The number of halogens is 1. The lowest BCUT2D eigenvalue weighted by atomic mass is 10.1. The molecule has 0 saturated carbocycles. The summed E-state index contributed by atoms with van der Waals surface area (Å²) in [5.74, 6) is -1.31. The lowest BCUT2D eigenvalue weighted by Gasteiger charge is -2.11. The first-order valence-corrected chi connectivity index (χ1v) is 12.3. The summed E-state index contributed by atoms with van der Waals surface area (Å²) >= 11 is 6.69. The van der Waals surface area contributed by atoms with Crippen LogP contribution in [0.5, 0.6) is 0 Å². The minimum Gasteiger partial charge on any atom is -0.306 e. The average Bonchev–Trinajstić information content (AvgIpc) is 3.16. The lowest BCUT2D eigenvalue weighted by Crippen LogP contribution is -2.34. The third kappa shape index (κ3) is 4.06. The Morgan fingerprint density at radius 2 is 1.81 bits per heavy atom. The Hall–Kier alpha value is -3.01. The molecule has 1 N–H and O–H groups in total. The number of carbonyl (C=O) groups excluding carboxylic acids is 1. The number of aryl methyl sites for hydroxylation is 2. The van der Waals surface area contributed by atoms with Crippen LogP contribution in [0.3, 0.4) is 0 Å². The number of ketones is 1. The van der Waals surface area contributed by atoms with Crippen LogP contribution in [0.25, 0.3) is 16.6 Å². The van der Waals surface area contributed by atoms with E-state index in [1.54, 1.807) is 25.1 Å². The van der Waals surface area contributed by atoms with Crippen molar-refractivity contribution in [3.63, 3.8) is 0 Å². The zero-order valence-corrected chi connectivity index (χ0v) is 19.4. The van der Waals surface area contributed by atoms with Crippen molar-refractivity contribution in [1.82, 2.24) is 9.55 Å². The van der Waals surface area contributed by atoms with E-state index in [4.69, 9.17) is 11.6 Å². The lowest BCUT2D eigenvalue weighted by molar-refractivity contribution is 0.102. The van der Waals surface area contributed by atoms with E-state index in [1.807, 2.05) is 6.92 Å². The number of sulfone groups is 1. The Labute approximate surface area is 191 Å². The second kappa shape index (κ2) is 8.16. The Balaban J connectivity index is 1.72. The fourth-order valence-electron chi connectivity index (χ4n) is 3.42. The molecular weight excluding hydrogens is 472 g/mol. The van der Waals surface area contributed by atoms with E-state index in [9.17, 15) is 22.8 Å². The van der Waals surface area contributed by atoms with Crippen molar-refractivity contribution in [2.24, 2.45) is 0 Å². The van der Waals surface area contributed by atoms with Gasteiger partial charge < -0.3 is 4.98 Å². The van der Waals surface area contributed by atoms with Gasteiger partial charge in [-0.15, -0.1) is 11.3 Å². The summed E-state index contributed by atoms with van der Waals surface area (Å²) in [6.45, 7) is 3.50. The number of aromatic nitrogens is 2. The topological polar surface area (TPSA) is 106 Å². The van der Waals surface area contributed by atoms with Gasteiger partial charge in [-0.3, -0.25) is 9.59 Å². The number of nitrogens with zero attached hydrogens (tertiary/aromatic N) is 1. The van der Waals surface area contributed by atoms with Crippen molar-refractivity contribution in [3.8, 4) is 5.69 Å². The molecule has 10 heteroatoms. The van der Waals surface area contributed by atoms with E-state index in [0.29, 0.717) is 26.5 Å². The van der Waals surface area contributed by atoms with E-state index in [-0.39, 0.29) is 9.77 Å². The summed E-state index contributed by atoms with van der Waals surface area (Å²) in [7, 11) is -3.83. The standard InChI is InChI=1S/C22H17ClN2O5S2/c1-12-3-5-15-16(9-12)24-22(28)25(21(15)27)17-6-4-14(10-13(17)2)18(26)11-32(29,30)20-8-7-19(23)31-20/h3-10H,11H2,1-2H3,(H,24,28). The molecule has 4 rings (SSSR count). The molecule has 0 aliphatic carbocycles. The van der Waals surface area contributed by atoms with Crippen LogP contribution in [0, 0.1) is 13.8 Å². The number of carbonyl (C=O) groups is 1. The van der Waals surface area contributed by atoms with Gasteiger partial charge >= 0.3 is 5.69 Å². The Kier molecular flexibility index (Phi) is 5.66. The molecule has 0 fully saturated rings. The predicted octanol–water partition coefficient (Wildman–Crippen LogP) is 3.67. The molecule has 7 nitrogen and oxygen atoms in total. The van der Waals surface area contributed by atoms with Crippen LogP contribution in [0.4, 0.5) is 0 Å². The minimum absolute atomic E-state index is 0.0219. The third-order valence-corrected chi connectivity index (χ3v) is 8.42. The smallest absolute Gasteiger partial charge is 0.306 e. The van der Waals surface area contributed by atoms with Crippen molar-refractivity contribution < 1.29 is 13.2 Å². The molecule has 2 heterocycles. The van der Waals surface area contributed by atoms with E-state index in [2.05, 4.69) is 4.98 Å². The van der Waals surface area contributed by atoms with Crippen molar-refractivity contribution in [1.29, 1.82) is 0 Å². The number of benzene rings is 2. The van der Waals surface area contributed by atoms with Crippen LogP contribution in [0.1, 0.15) is 21.5 Å². The highest BCUT2D eigenvalue weighted by Gasteiger charge is 2.23.